The molecule has 0 amide bonds. The topological polar surface area (TPSA) is 24.9 Å². The molecule has 0 saturated heterocycles. The van der Waals surface area contributed by atoms with Crippen LogP contribution in [0.2, 0.25) is 0 Å². The molecular weight excluding hydrogens is 160 g/mol. The van der Waals surface area contributed by atoms with Crippen molar-refractivity contribution in [3.05, 3.63) is 28.1 Å². The summed E-state index contributed by atoms with van der Waals surface area (Å²) in [4.78, 5) is 4.73. The lowest BCUT2D eigenvalue weighted by Gasteiger charge is -2.08. The molecule has 1 aliphatic heterocycles. The SMILES string of the molecule is Cc1c2c(nc3c1CNC3)CCC2. The first-order valence-electron chi connectivity index (χ1n) is 5.07. The molecule has 13 heavy (non-hydrogen) atoms. The molecule has 1 N–H and O–H groups in total. The molecule has 0 atom stereocenters. The van der Waals surface area contributed by atoms with E-state index in [-0.39, 0.29) is 0 Å². The van der Waals surface area contributed by atoms with Crippen LogP contribution in [0.5, 0.6) is 0 Å². The van der Waals surface area contributed by atoms with E-state index < -0.39 is 0 Å². The summed E-state index contributed by atoms with van der Waals surface area (Å²) in [7, 11) is 0. The highest BCUT2D eigenvalue weighted by Crippen LogP contribution is 2.29. The number of nitrogens with zero attached hydrogens (tertiary/aromatic N) is 1. The van der Waals surface area contributed by atoms with E-state index in [1.807, 2.05) is 0 Å². The Morgan fingerprint density at radius 1 is 1.08 bits per heavy atom. The predicted molar refractivity (Wildman–Crippen MR) is 51.5 cm³/mol. The summed E-state index contributed by atoms with van der Waals surface area (Å²) >= 11 is 0. The normalized spacial score (nSPS) is 18.8. The van der Waals surface area contributed by atoms with Gasteiger partial charge in [-0.05, 0) is 42.9 Å². The van der Waals surface area contributed by atoms with Crippen LogP contribution in [0, 0.1) is 6.92 Å². The van der Waals surface area contributed by atoms with Crippen molar-refractivity contribution in [3.63, 3.8) is 0 Å². The fraction of sp³-hybridized carbons (Fsp3) is 0.545. The largest absolute Gasteiger partial charge is 0.307 e. The van der Waals surface area contributed by atoms with Crippen molar-refractivity contribution in [3.8, 4) is 0 Å². The number of nitrogens with one attached hydrogen (secondary N) is 1. The van der Waals surface area contributed by atoms with E-state index in [2.05, 4.69) is 12.2 Å². The monoisotopic (exact) mass is 174 g/mol. The summed E-state index contributed by atoms with van der Waals surface area (Å²) in [5.41, 5.74) is 7.21. The van der Waals surface area contributed by atoms with Crippen LogP contribution >= 0.6 is 0 Å². The van der Waals surface area contributed by atoms with E-state index in [9.17, 15) is 0 Å². The molecule has 2 heterocycles. The second-order valence-electron chi connectivity index (χ2n) is 4.04. The number of hydrogen-bond acceptors (Lipinski definition) is 2. The first-order valence-corrected chi connectivity index (χ1v) is 5.07. The Bertz CT molecular complexity index is 337. The summed E-state index contributed by atoms with van der Waals surface area (Å²) < 4.78 is 0. The van der Waals surface area contributed by atoms with Gasteiger partial charge in [0.1, 0.15) is 0 Å². The molecular formula is C11H14N2. The van der Waals surface area contributed by atoms with E-state index in [4.69, 9.17) is 4.98 Å². The lowest BCUT2D eigenvalue weighted by Crippen LogP contribution is -2.00. The zero-order chi connectivity index (χ0) is 8.84. The van der Waals surface area contributed by atoms with Crippen LogP contribution < -0.4 is 5.32 Å². The van der Waals surface area contributed by atoms with Gasteiger partial charge < -0.3 is 5.32 Å². The van der Waals surface area contributed by atoms with Gasteiger partial charge in [-0.15, -0.1) is 0 Å². The Morgan fingerprint density at radius 3 is 2.92 bits per heavy atom. The van der Waals surface area contributed by atoms with Gasteiger partial charge in [0.05, 0.1) is 5.69 Å². The molecule has 3 rings (SSSR count). The Balaban J connectivity index is 2.26. The van der Waals surface area contributed by atoms with Crippen molar-refractivity contribution in [2.24, 2.45) is 0 Å². The van der Waals surface area contributed by atoms with Gasteiger partial charge in [-0.3, -0.25) is 4.98 Å². The summed E-state index contributed by atoms with van der Waals surface area (Å²) in [6, 6.07) is 0. The van der Waals surface area contributed by atoms with E-state index in [1.165, 1.54) is 41.8 Å². The number of pyridine rings is 1. The van der Waals surface area contributed by atoms with Crippen LogP contribution in [0.4, 0.5) is 0 Å². The predicted octanol–water partition coefficient (Wildman–Crippen LogP) is 1.48. The molecule has 0 spiro atoms. The van der Waals surface area contributed by atoms with Gasteiger partial charge in [0.15, 0.2) is 0 Å². The molecule has 2 aliphatic rings. The second-order valence-corrected chi connectivity index (χ2v) is 4.04. The third-order valence-corrected chi connectivity index (χ3v) is 3.31. The molecule has 0 radical (unpaired) electrons. The van der Waals surface area contributed by atoms with Gasteiger partial charge in [-0.2, -0.15) is 0 Å². The van der Waals surface area contributed by atoms with E-state index in [0.29, 0.717) is 0 Å². The molecule has 2 nitrogen and oxygen atoms in total. The van der Waals surface area contributed by atoms with Crippen LogP contribution in [-0.2, 0) is 25.9 Å². The molecule has 68 valence electrons. The van der Waals surface area contributed by atoms with Crippen molar-refractivity contribution in [1.82, 2.24) is 10.3 Å². The highest BCUT2D eigenvalue weighted by molar-refractivity contribution is 5.43. The first-order chi connectivity index (χ1) is 6.36. The fourth-order valence-corrected chi connectivity index (χ4v) is 2.57. The Hall–Kier alpha value is -0.890. The highest BCUT2D eigenvalue weighted by Gasteiger charge is 2.22. The Morgan fingerprint density at radius 2 is 2.00 bits per heavy atom. The Labute approximate surface area is 78.4 Å². The Kier molecular flexibility index (Phi) is 1.47. The lowest BCUT2D eigenvalue weighted by molar-refractivity contribution is 0.754. The number of fused-ring (bicyclic) bond motifs is 2. The highest BCUT2D eigenvalue weighted by atomic mass is 14.9. The number of aryl methyl sites for hydroxylation is 1. The number of aromatic nitrogens is 1. The zero-order valence-electron chi connectivity index (χ0n) is 7.98. The van der Waals surface area contributed by atoms with E-state index >= 15 is 0 Å². The number of hydrogen-bond donors (Lipinski definition) is 1. The van der Waals surface area contributed by atoms with Gasteiger partial charge in [0.25, 0.3) is 0 Å². The summed E-state index contributed by atoms with van der Waals surface area (Å²) in [6.45, 7) is 4.27. The van der Waals surface area contributed by atoms with Crippen LogP contribution in [0.1, 0.15) is 34.5 Å². The molecule has 1 aromatic rings. The molecule has 0 unspecified atom stereocenters. The smallest absolute Gasteiger partial charge is 0.0592 e. The van der Waals surface area contributed by atoms with Crippen molar-refractivity contribution in [2.75, 3.05) is 0 Å². The van der Waals surface area contributed by atoms with Crippen LogP contribution in [0.3, 0.4) is 0 Å². The van der Waals surface area contributed by atoms with Gasteiger partial charge in [0.2, 0.25) is 0 Å². The summed E-state index contributed by atoms with van der Waals surface area (Å²) in [5, 5.41) is 3.37. The molecule has 0 bridgehead atoms. The maximum absolute atomic E-state index is 4.73. The van der Waals surface area contributed by atoms with Crippen molar-refractivity contribution >= 4 is 0 Å². The lowest BCUT2D eigenvalue weighted by atomic mass is 10.0. The van der Waals surface area contributed by atoms with Crippen LogP contribution in [0.15, 0.2) is 0 Å². The molecule has 0 fully saturated rings. The second kappa shape index (κ2) is 2.55. The minimum absolute atomic E-state index is 0.976. The molecule has 1 aliphatic carbocycles. The molecule has 0 saturated carbocycles. The minimum Gasteiger partial charge on any atom is -0.307 e. The molecule has 1 aromatic heterocycles. The maximum Gasteiger partial charge on any atom is 0.0592 e. The quantitative estimate of drug-likeness (QED) is 0.644. The third-order valence-electron chi connectivity index (χ3n) is 3.31. The summed E-state index contributed by atoms with van der Waals surface area (Å²) in [6.07, 6.45) is 3.75. The van der Waals surface area contributed by atoms with Gasteiger partial charge in [-0.25, -0.2) is 0 Å². The zero-order valence-corrected chi connectivity index (χ0v) is 7.98. The van der Waals surface area contributed by atoms with Gasteiger partial charge in [-0.1, -0.05) is 0 Å². The standard InChI is InChI=1S/C11H14N2/c1-7-8-3-2-4-10(8)13-11-6-12-5-9(7)11/h12H,2-6H2,1H3. The van der Waals surface area contributed by atoms with Crippen molar-refractivity contribution < 1.29 is 0 Å². The summed E-state index contributed by atoms with van der Waals surface area (Å²) in [5.74, 6) is 0. The van der Waals surface area contributed by atoms with Gasteiger partial charge >= 0.3 is 0 Å². The van der Waals surface area contributed by atoms with Gasteiger partial charge in [0, 0.05) is 18.8 Å². The van der Waals surface area contributed by atoms with E-state index in [1.54, 1.807) is 5.56 Å². The average Bonchev–Trinajstić information content (AvgIpc) is 2.71. The maximum atomic E-state index is 4.73. The molecule has 2 heteroatoms. The number of rotatable bonds is 0. The van der Waals surface area contributed by atoms with Crippen LogP contribution in [0.25, 0.3) is 0 Å². The van der Waals surface area contributed by atoms with Crippen molar-refractivity contribution in [2.45, 2.75) is 39.3 Å². The average molecular weight is 174 g/mol. The van der Waals surface area contributed by atoms with Crippen LogP contribution in [-0.4, -0.2) is 4.98 Å². The minimum atomic E-state index is 0.976. The first kappa shape index (κ1) is 7.51. The third kappa shape index (κ3) is 0.953. The fourth-order valence-electron chi connectivity index (χ4n) is 2.57. The molecule has 0 aromatic carbocycles. The van der Waals surface area contributed by atoms with Crippen molar-refractivity contribution in [1.29, 1.82) is 0 Å². The van der Waals surface area contributed by atoms with E-state index in [0.717, 1.165) is 13.1 Å².